The van der Waals surface area contributed by atoms with Gasteiger partial charge in [0, 0.05) is 6.54 Å². The number of carbonyl (C=O) groups excluding carboxylic acids is 1. The number of nitrogens with zero attached hydrogens (tertiary/aromatic N) is 4. The summed E-state index contributed by atoms with van der Waals surface area (Å²) in [5.41, 5.74) is 6.92. The number of nitrogens with two attached hydrogens (primary N) is 2. The molecule has 0 atom stereocenters. The molecule has 0 aromatic carbocycles. The van der Waals surface area contributed by atoms with E-state index in [2.05, 4.69) is 15.4 Å². The highest BCUT2D eigenvalue weighted by Crippen LogP contribution is 2.25. The van der Waals surface area contributed by atoms with Crippen molar-refractivity contribution >= 4 is 23.4 Å². The lowest BCUT2D eigenvalue weighted by molar-refractivity contribution is -0.384. The topological polar surface area (TPSA) is 153 Å². The van der Waals surface area contributed by atoms with Crippen LogP contribution in [0, 0.1) is 10.1 Å². The fourth-order valence-corrected chi connectivity index (χ4v) is 1.32. The second-order valence-electron chi connectivity index (χ2n) is 3.28. The molecule has 0 fully saturated rings. The Hall–Kier alpha value is -2.49. The molecule has 0 unspecified atom stereocenters. The van der Waals surface area contributed by atoms with Gasteiger partial charge in [-0.3, -0.25) is 20.3 Å². The normalized spacial score (nSPS) is 9.89. The van der Waals surface area contributed by atoms with Gasteiger partial charge in [-0.25, -0.2) is 10.8 Å². The molecule has 5 N–H and O–H groups in total. The average Bonchev–Trinajstić information content (AvgIpc) is 2.34. The van der Waals surface area contributed by atoms with Crippen LogP contribution in [0.25, 0.3) is 0 Å². The Balaban J connectivity index is 3.23. The predicted octanol–water partition coefficient (Wildman–Crippen LogP) is -1.02. The zero-order valence-corrected chi connectivity index (χ0v) is 9.66. The van der Waals surface area contributed by atoms with E-state index in [0.29, 0.717) is 6.54 Å². The molecule has 98 valence electrons. The maximum absolute atomic E-state index is 10.9. The molecule has 0 aliphatic rings. The molecule has 1 aromatic rings. The van der Waals surface area contributed by atoms with Gasteiger partial charge in [0.2, 0.25) is 17.7 Å². The quantitative estimate of drug-likeness (QED) is 0.331. The second-order valence-corrected chi connectivity index (χ2v) is 3.28. The van der Waals surface area contributed by atoms with E-state index in [9.17, 15) is 14.9 Å². The molecule has 1 rings (SSSR count). The van der Waals surface area contributed by atoms with Crippen LogP contribution in [0.4, 0.5) is 17.5 Å². The Morgan fingerprint density at radius 3 is 2.78 bits per heavy atom. The number of rotatable bonds is 6. The van der Waals surface area contributed by atoms with E-state index in [-0.39, 0.29) is 24.0 Å². The number of anilines is 2. The Morgan fingerprint density at radius 1 is 1.67 bits per heavy atom. The summed E-state index contributed by atoms with van der Waals surface area (Å²) < 4.78 is 0. The van der Waals surface area contributed by atoms with E-state index in [1.165, 1.54) is 4.90 Å². The Bertz CT molecular complexity index is 464. The number of nitro groups is 1. The second kappa shape index (κ2) is 5.72. The van der Waals surface area contributed by atoms with Gasteiger partial charge in [-0.15, -0.1) is 0 Å². The Morgan fingerprint density at radius 2 is 2.33 bits per heavy atom. The molecular formula is C8H13N7O3. The summed E-state index contributed by atoms with van der Waals surface area (Å²) in [6.07, 6.45) is 1.02. The van der Waals surface area contributed by atoms with E-state index >= 15 is 0 Å². The summed E-state index contributed by atoms with van der Waals surface area (Å²) in [5.74, 6) is 4.52. The van der Waals surface area contributed by atoms with Crippen molar-refractivity contribution in [1.82, 2.24) is 9.97 Å². The maximum Gasteiger partial charge on any atom is 0.329 e. The van der Waals surface area contributed by atoms with E-state index in [0.717, 1.165) is 6.20 Å². The first-order chi connectivity index (χ1) is 8.49. The van der Waals surface area contributed by atoms with E-state index in [1.807, 2.05) is 0 Å². The number of hydrogen-bond donors (Lipinski definition) is 3. The number of hydrogen-bond acceptors (Lipinski definition) is 8. The Labute approximate surface area is 102 Å². The van der Waals surface area contributed by atoms with Gasteiger partial charge < -0.3 is 10.6 Å². The first-order valence-electron chi connectivity index (χ1n) is 5.00. The molecule has 10 heteroatoms. The fourth-order valence-electron chi connectivity index (χ4n) is 1.32. The first kappa shape index (κ1) is 13.6. The maximum atomic E-state index is 10.9. The molecule has 18 heavy (non-hydrogen) atoms. The van der Waals surface area contributed by atoms with Gasteiger partial charge in [0.1, 0.15) is 6.20 Å². The summed E-state index contributed by atoms with van der Waals surface area (Å²) in [6.45, 7) is 1.85. The monoisotopic (exact) mass is 255 g/mol. The average molecular weight is 255 g/mol. The zero-order chi connectivity index (χ0) is 13.7. The molecule has 0 radical (unpaired) electrons. The van der Waals surface area contributed by atoms with Crippen LogP contribution < -0.4 is 21.9 Å². The largest absolute Gasteiger partial charge is 0.368 e. The number of nitrogen functional groups attached to an aromatic ring is 1. The van der Waals surface area contributed by atoms with Crippen LogP contribution in [-0.2, 0) is 4.79 Å². The van der Waals surface area contributed by atoms with E-state index in [4.69, 9.17) is 11.6 Å². The Kier molecular flexibility index (Phi) is 4.32. The summed E-state index contributed by atoms with van der Waals surface area (Å²) in [4.78, 5) is 30.0. The van der Waals surface area contributed by atoms with Gasteiger partial charge in [0.05, 0.1) is 11.5 Å². The van der Waals surface area contributed by atoms with Crippen molar-refractivity contribution in [2.75, 3.05) is 23.4 Å². The molecule has 1 aromatic heterocycles. The fraction of sp³-hybridized carbons (Fsp3) is 0.375. The van der Waals surface area contributed by atoms with Crippen molar-refractivity contribution in [3.8, 4) is 0 Å². The molecule has 10 nitrogen and oxygen atoms in total. The van der Waals surface area contributed by atoms with Gasteiger partial charge >= 0.3 is 5.69 Å². The van der Waals surface area contributed by atoms with Crippen LogP contribution in [0.3, 0.4) is 0 Å². The van der Waals surface area contributed by atoms with Crippen LogP contribution >= 0.6 is 0 Å². The molecule has 0 saturated heterocycles. The van der Waals surface area contributed by atoms with E-state index < -0.39 is 10.8 Å². The number of likely N-dealkylation sites (N-methyl/N-ethyl adjacent to an activating group) is 1. The highest BCUT2D eigenvalue weighted by atomic mass is 16.6. The third-order valence-electron chi connectivity index (χ3n) is 2.10. The number of hydrazine groups is 1. The van der Waals surface area contributed by atoms with Crippen LogP contribution in [0.15, 0.2) is 6.20 Å². The standard InChI is InChI=1S/C8H13N7O3/c1-2-14(4-6(9)16)7-5(15(17)18)3-11-8(12-7)13-10/h3H,2,4,10H2,1H3,(H2,9,16)(H,11,12,13). The summed E-state index contributed by atoms with van der Waals surface area (Å²) >= 11 is 0. The lowest BCUT2D eigenvalue weighted by atomic mass is 10.4. The van der Waals surface area contributed by atoms with Crippen LogP contribution in [0.5, 0.6) is 0 Å². The number of aromatic nitrogens is 2. The summed E-state index contributed by atoms with van der Waals surface area (Å²) in [5, 5.41) is 10.9. The van der Waals surface area contributed by atoms with E-state index in [1.54, 1.807) is 6.92 Å². The molecule has 0 aliphatic carbocycles. The number of amides is 1. The van der Waals surface area contributed by atoms with Gasteiger partial charge in [-0.2, -0.15) is 4.98 Å². The van der Waals surface area contributed by atoms with Crippen molar-refractivity contribution in [2.45, 2.75) is 6.92 Å². The van der Waals surface area contributed by atoms with Crippen molar-refractivity contribution < 1.29 is 9.72 Å². The number of primary amides is 1. The van der Waals surface area contributed by atoms with Crippen LogP contribution in [-0.4, -0.2) is 33.9 Å². The number of nitrogens with one attached hydrogen (secondary N) is 1. The molecule has 1 amide bonds. The molecule has 0 aliphatic heterocycles. The third kappa shape index (κ3) is 3.01. The van der Waals surface area contributed by atoms with Crippen molar-refractivity contribution in [2.24, 2.45) is 11.6 Å². The molecule has 0 saturated carbocycles. The summed E-state index contributed by atoms with van der Waals surface area (Å²) in [7, 11) is 0. The van der Waals surface area contributed by atoms with Gasteiger partial charge in [0.25, 0.3) is 0 Å². The molecule has 0 bridgehead atoms. The first-order valence-corrected chi connectivity index (χ1v) is 5.00. The van der Waals surface area contributed by atoms with Crippen LogP contribution in [0.2, 0.25) is 0 Å². The molecule has 0 spiro atoms. The molecular weight excluding hydrogens is 242 g/mol. The van der Waals surface area contributed by atoms with Crippen molar-refractivity contribution in [1.29, 1.82) is 0 Å². The minimum absolute atomic E-state index is 0.00995. The molecule has 1 heterocycles. The van der Waals surface area contributed by atoms with Crippen molar-refractivity contribution in [3.05, 3.63) is 16.3 Å². The number of carbonyl (C=O) groups is 1. The minimum atomic E-state index is -0.640. The zero-order valence-electron chi connectivity index (χ0n) is 9.66. The van der Waals surface area contributed by atoms with Gasteiger partial charge in [0.15, 0.2) is 0 Å². The van der Waals surface area contributed by atoms with Crippen LogP contribution in [0.1, 0.15) is 6.92 Å². The predicted molar refractivity (Wildman–Crippen MR) is 63.6 cm³/mol. The van der Waals surface area contributed by atoms with Gasteiger partial charge in [-0.05, 0) is 6.92 Å². The smallest absolute Gasteiger partial charge is 0.329 e. The lowest BCUT2D eigenvalue weighted by Crippen LogP contribution is -2.34. The SMILES string of the molecule is CCN(CC(N)=O)c1nc(NN)ncc1[N+](=O)[O-]. The minimum Gasteiger partial charge on any atom is -0.368 e. The summed E-state index contributed by atoms with van der Waals surface area (Å²) in [6, 6.07) is 0. The van der Waals surface area contributed by atoms with Gasteiger partial charge in [-0.1, -0.05) is 0 Å². The lowest BCUT2D eigenvalue weighted by Gasteiger charge is -2.19. The third-order valence-corrected chi connectivity index (χ3v) is 2.10. The highest BCUT2D eigenvalue weighted by Gasteiger charge is 2.22. The van der Waals surface area contributed by atoms with Crippen molar-refractivity contribution in [3.63, 3.8) is 0 Å². The highest BCUT2D eigenvalue weighted by molar-refractivity contribution is 5.80.